The molecule has 1 atom stereocenters. The van der Waals surface area contributed by atoms with Crippen LogP contribution < -0.4 is 4.74 Å². The molecule has 4 nitrogen and oxygen atoms in total. The van der Waals surface area contributed by atoms with Crippen molar-refractivity contribution in [3.63, 3.8) is 0 Å². The second-order valence-corrected chi connectivity index (χ2v) is 5.56. The number of carbonyl (C=O) groups excluding carboxylic acids is 1. The van der Waals surface area contributed by atoms with E-state index in [4.69, 9.17) is 9.84 Å². The molecule has 0 aliphatic rings. The summed E-state index contributed by atoms with van der Waals surface area (Å²) in [5, 5.41) is 8.98. The van der Waals surface area contributed by atoms with Gasteiger partial charge in [-0.1, -0.05) is 32.9 Å². The van der Waals surface area contributed by atoms with Gasteiger partial charge in [-0.05, 0) is 25.0 Å². The van der Waals surface area contributed by atoms with E-state index >= 15 is 0 Å². The number of benzene rings is 1. The zero-order valence-electron chi connectivity index (χ0n) is 12.7. The number of ketones is 1. The first-order valence-corrected chi connectivity index (χ1v) is 6.67. The van der Waals surface area contributed by atoms with Gasteiger partial charge < -0.3 is 9.84 Å². The molecule has 0 aliphatic carbocycles. The highest BCUT2D eigenvalue weighted by Crippen LogP contribution is 2.39. The van der Waals surface area contributed by atoms with Crippen LogP contribution in [0, 0.1) is 12.8 Å². The summed E-state index contributed by atoms with van der Waals surface area (Å²) in [5.41, 5.74) is 1.30. The van der Waals surface area contributed by atoms with E-state index < -0.39 is 23.1 Å². The zero-order chi connectivity index (χ0) is 15.5. The molecule has 1 rings (SSSR count). The van der Waals surface area contributed by atoms with Crippen molar-refractivity contribution in [2.45, 2.75) is 39.5 Å². The number of carboxylic acid groups (broad SMARTS) is 1. The smallest absolute Gasteiger partial charge is 0.372 e. The third kappa shape index (κ3) is 3.00. The molecule has 1 aromatic rings. The average molecular weight is 278 g/mol. The first-order chi connectivity index (χ1) is 9.25. The van der Waals surface area contributed by atoms with Crippen LogP contribution in [0.5, 0.6) is 5.75 Å². The van der Waals surface area contributed by atoms with Gasteiger partial charge in [0.15, 0.2) is 0 Å². The average Bonchev–Trinajstić information content (AvgIpc) is 2.38. The lowest BCUT2D eigenvalue weighted by Gasteiger charge is -2.33. The summed E-state index contributed by atoms with van der Waals surface area (Å²) in [4.78, 5) is 22.9. The molecule has 0 spiro atoms. The number of methoxy groups -OCH3 is 1. The molecule has 110 valence electrons. The molecule has 0 heterocycles. The molecular weight excluding hydrogens is 256 g/mol. The summed E-state index contributed by atoms with van der Waals surface area (Å²) in [5.74, 6) is -2.03. The molecule has 1 N–H and O–H groups in total. The fourth-order valence-corrected chi connectivity index (χ4v) is 2.69. The minimum atomic E-state index is -1.38. The Bertz CT molecular complexity index is 517. The first-order valence-electron chi connectivity index (χ1n) is 6.67. The third-order valence-corrected chi connectivity index (χ3v) is 3.86. The number of aliphatic carboxylic acids is 1. The molecule has 0 saturated heterocycles. The Hall–Kier alpha value is -1.84. The van der Waals surface area contributed by atoms with Crippen molar-refractivity contribution in [1.82, 2.24) is 0 Å². The lowest BCUT2D eigenvalue weighted by molar-refractivity contribution is -0.152. The molecule has 4 heteroatoms. The maximum atomic E-state index is 11.9. The van der Waals surface area contributed by atoms with Crippen LogP contribution in [0.4, 0.5) is 0 Å². The van der Waals surface area contributed by atoms with Gasteiger partial charge in [-0.2, -0.15) is 0 Å². The van der Waals surface area contributed by atoms with Gasteiger partial charge in [-0.15, -0.1) is 0 Å². The number of hydrogen-bond acceptors (Lipinski definition) is 3. The highest BCUT2D eigenvalue weighted by molar-refractivity contribution is 6.33. The Labute approximate surface area is 119 Å². The Morgan fingerprint density at radius 3 is 2.40 bits per heavy atom. The maximum Gasteiger partial charge on any atom is 0.372 e. The molecular formula is C16H22O4. The molecule has 1 aromatic carbocycles. The summed E-state index contributed by atoms with van der Waals surface area (Å²) in [6.07, 6.45) is 0.467. The fraction of sp³-hybridized carbons (Fsp3) is 0.500. The van der Waals surface area contributed by atoms with Crippen LogP contribution >= 0.6 is 0 Å². The molecule has 0 fully saturated rings. The highest BCUT2D eigenvalue weighted by atomic mass is 16.5. The van der Waals surface area contributed by atoms with E-state index in [9.17, 15) is 9.59 Å². The quantitative estimate of drug-likeness (QED) is 0.813. The number of carbonyl (C=O) groups is 2. The van der Waals surface area contributed by atoms with E-state index in [1.807, 2.05) is 45.9 Å². The topological polar surface area (TPSA) is 63.6 Å². The van der Waals surface area contributed by atoms with Crippen molar-refractivity contribution >= 4 is 11.8 Å². The molecule has 1 unspecified atom stereocenters. The highest BCUT2D eigenvalue weighted by Gasteiger charge is 2.39. The van der Waals surface area contributed by atoms with Crippen molar-refractivity contribution in [2.24, 2.45) is 5.92 Å². The standard InChI is InChI=1S/C16H22O4/c1-6-11(14(17)15(18)19)16(3,4)12-8-7-10(2)9-13(12)20-5/h7-9,11H,6H2,1-5H3,(H,18,19). The van der Waals surface area contributed by atoms with Crippen LogP contribution in [0.15, 0.2) is 18.2 Å². The lowest BCUT2D eigenvalue weighted by Crippen LogP contribution is -2.38. The minimum absolute atomic E-state index is 0.467. The van der Waals surface area contributed by atoms with Gasteiger partial charge in [0.05, 0.1) is 7.11 Å². The summed E-state index contributed by atoms with van der Waals surface area (Å²) in [6, 6.07) is 5.75. The van der Waals surface area contributed by atoms with Gasteiger partial charge in [0.2, 0.25) is 5.78 Å². The van der Waals surface area contributed by atoms with E-state index in [0.717, 1.165) is 11.1 Å². The largest absolute Gasteiger partial charge is 0.496 e. The van der Waals surface area contributed by atoms with Crippen LogP contribution in [-0.2, 0) is 15.0 Å². The summed E-state index contributed by atoms with van der Waals surface area (Å²) in [6.45, 7) is 7.55. The Morgan fingerprint density at radius 1 is 1.35 bits per heavy atom. The normalized spacial score (nSPS) is 12.8. The number of aryl methyl sites for hydroxylation is 1. The first kappa shape index (κ1) is 16.2. The van der Waals surface area contributed by atoms with E-state index in [1.165, 1.54) is 0 Å². The van der Waals surface area contributed by atoms with Crippen molar-refractivity contribution in [3.05, 3.63) is 29.3 Å². The van der Waals surface area contributed by atoms with Gasteiger partial charge in [-0.3, -0.25) is 4.79 Å². The second-order valence-electron chi connectivity index (χ2n) is 5.56. The van der Waals surface area contributed by atoms with Gasteiger partial charge in [0.25, 0.3) is 0 Å². The van der Waals surface area contributed by atoms with Gasteiger partial charge in [0.1, 0.15) is 5.75 Å². The molecule has 0 saturated carbocycles. The summed E-state index contributed by atoms with van der Waals surface area (Å²) in [7, 11) is 1.58. The van der Waals surface area contributed by atoms with Crippen molar-refractivity contribution in [3.8, 4) is 5.75 Å². The van der Waals surface area contributed by atoms with Gasteiger partial charge in [-0.25, -0.2) is 4.79 Å². The van der Waals surface area contributed by atoms with Crippen molar-refractivity contribution in [2.75, 3.05) is 7.11 Å². The minimum Gasteiger partial charge on any atom is -0.496 e. The summed E-state index contributed by atoms with van der Waals surface area (Å²) < 4.78 is 5.39. The number of carboxylic acids is 1. The van der Waals surface area contributed by atoms with Gasteiger partial charge >= 0.3 is 5.97 Å². The number of hydrogen-bond donors (Lipinski definition) is 1. The van der Waals surface area contributed by atoms with Crippen LogP contribution in [0.25, 0.3) is 0 Å². The maximum absolute atomic E-state index is 11.9. The SMILES string of the molecule is CCC(C(=O)C(=O)O)C(C)(C)c1ccc(C)cc1OC. The number of Topliss-reactive ketones (excluding diaryl/α,β-unsaturated/α-hetero) is 1. The lowest BCUT2D eigenvalue weighted by atomic mass is 9.70. The molecule has 0 aliphatic heterocycles. The predicted octanol–water partition coefficient (Wildman–Crippen LogP) is 2.96. The Balaban J connectivity index is 3.33. The Kier molecular flexibility index (Phi) is 4.93. The van der Waals surface area contributed by atoms with E-state index in [-0.39, 0.29) is 0 Å². The Morgan fingerprint density at radius 2 is 1.95 bits per heavy atom. The third-order valence-electron chi connectivity index (χ3n) is 3.86. The number of ether oxygens (including phenoxy) is 1. The predicted molar refractivity (Wildman–Crippen MR) is 77.2 cm³/mol. The fourth-order valence-electron chi connectivity index (χ4n) is 2.69. The van der Waals surface area contributed by atoms with E-state index in [2.05, 4.69) is 0 Å². The monoisotopic (exact) mass is 278 g/mol. The van der Waals surface area contributed by atoms with Crippen LogP contribution in [0.1, 0.15) is 38.3 Å². The van der Waals surface area contributed by atoms with Gasteiger partial charge in [0, 0.05) is 16.9 Å². The van der Waals surface area contributed by atoms with Crippen molar-refractivity contribution < 1.29 is 19.4 Å². The molecule has 0 amide bonds. The molecule has 0 radical (unpaired) electrons. The van der Waals surface area contributed by atoms with E-state index in [1.54, 1.807) is 7.11 Å². The molecule has 0 bridgehead atoms. The second kappa shape index (κ2) is 6.07. The molecule has 20 heavy (non-hydrogen) atoms. The van der Waals surface area contributed by atoms with Crippen LogP contribution in [0.2, 0.25) is 0 Å². The van der Waals surface area contributed by atoms with E-state index in [0.29, 0.717) is 12.2 Å². The molecule has 0 aromatic heterocycles. The number of rotatable bonds is 6. The summed E-state index contributed by atoms with van der Waals surface area (Å²) >= 11 is 0. The van der Waals surface area contributed by atoms with Crippen LogP contribution in [-0.4, -0.2) is 24.0 Å². The van der Waals surface area contributed by atoms with Crippen molar-refractivity contribution in [1.29, 1.82) is 0 Å². The zero-order valence-corrected chi connectivity index (χ0v) is 12.7. The van der Waals surface area contributed by atoms with Crippen LogP contribution in [0.3, 0.4) is 0 Å².